The molecule has 2 saturated heterocycles. The SMILES string of the molecule is CC(=O)O[C@@H]1[C@@H](C)O[C@@H](c2ccc3c(c2O)[C@H](O)[C@@]24O[C@]2(C3=O)[C@]2(O)C(=O)C=C(C)C[C@]2(O)C[C@@H]4O)C[C@H]1OC(=O)/C=C/C=C/C=C/C=C/C(=O)Nc1c(O)c2ccc(O)c(Cl)c2oc1=O. The fraction of sp³-hybridized carbons (Fsp3) is 0.348. The third kappa shape index (κ3) is 6.88. The molecule has 3 heterocycles. The van der Waals surface area contributed by atoms with Gasteiger partial charge in [0.05, 0.1) is 23.7 Å². The number of anilines is 1. The molecule has 346 valence electrons. The van der Waals surface area contributed by atoms with E-state index in [2.05, 4.69) is 5.32 Å². The lowest BCUT2D eigenvalue weighted by Gasteiger charge is -2.54. The summed E-state index contributed by atoms with van der Waals surface area (Å²) in [5, 5.41) is 80.8. The smallest absolute Gasteiger partial charge is 0.364 e. The van der Waals surface area contributed by atoms with Crippen LogP contribution in [0.15, 0.2) is 93.7 Å². The summed E-state index contributed by atoms with van der Waals surface area (Å²) in [6.45, 7) is 4.23. The number of carbonyl (C=O) groups excluding carboxylic acids is 5. The van der Waals surface area contributed by atoms with E-state index < -0.39 is 118 Å². The number of aromatic hydroxyl groups is 3. The number of epoxide rings is 1. The fourth-order valence-corrected chi connectivity index (χ4v) is 9.99. The highest BCUT2D eigenvalue weighted by molar-refractivity contribution is 6.36. The van der Waals surface area contributed by atoms with Crippen molar-refractivity contribution in [1.82, 2.24) is 0 Å². The number of aliphatic hydroxyl groups excluding tert-OH is 2. The average Bonchev–Trinajstić information content (AvgIpc) is 3.98. The zero-order chi connectivity index (χ0) is 47.8. The number of aliphatic hydroxyl groups is 4. The van der Waals surface area contributed by atoms with Crippen molar-refractivity contribution >= 4 is 57.7 Å². The molecule has 8 rings (SSSR count). The molecule has 0 spiro atoms. The molecule has 3 fully saturated rings. The lowest BCUT2D eigenvalue weighted by Crippen LogP contribution is -2.78. The number of ether oxygens (including phenoxy) is 4. The van der Waals surface area contributed by atoms with Crippen molar-refractivity contribution in [2.24, 2.45) is 0 Å². The van der Waals surface area contributed by atoms with Crippen LogP contribution in [-0.2, 0) is 38.1 Å². The van der Waals surface area contributed by atoms with Gasteiger partial charge in [0, 0.05) is 55.0 Å². The summed E-state index contributed by atoms with van der Waals surface area (Å²) in [6.07, 6.45) is 2.51. The van der Waals surface area contributed by atoms with Crippen LogP contribution in [-0.4, -0.2) is 112 Å². The molecule has 5 aliphatic rings. The van der Waals surface area contributed by atoms with Crippen LogP contribution in [0.5, 0.6) is 17.2 Å². The molecule has 1 aromatic heterocycles. The number of esters is 2. The molecular formula is C46H42ClNO18. The molecule has 1 saturated carbocycles. The number of fused-ring (bicyclic) bond motifs is 3. The zero-order valence-electron chi connectivity index (χ0n) is 35.1. The Bertz CT molecular complexity index is 2840. The van der Waals surface area contributed by atoms with Crippen LogP contribution in [0.2, 0.25) is 5.02 Å². The summed E-state index contributed by atoms with van der Waals surface area (Å²) >= 11 is 5.94. The van der Waals surface area contributed by atoms with Crippen molar-refractivity contribution in [2.45, 2.75) is 99.1 Å². The number of Topliss-reactive ketones (excluding diaryl/α,β-unsaturated/α-hetero) is 1. The summed E-state index contributed by atoms with van der Waals surface area (Å²) in [7, 11) is 0. The molecule has 0 unspecified atom stereocenters. The fourth-order valence-electron chi connectivity index (χ4n) is 9.78. The van der Waals surface area contributed by atoms with Gasteiger partial charge < -0.3 is 64.4 Å². The summed E-state index contributed by atoms with van der Waals surface area (Å²) in [6, 6.07) is 4.95. The number of halogens is 1. The van der Waals surface area contributed by atoms with Crippen molar-refractivity contribution in [3.05, 3.63) is 117 Å². The van der Waals surface area contributed by atoms with Gasteiger partial charge in [-0.15, -0.1) is 0 Å². The van der Waals surface area contributed by atoms with E-state index in [1.165, 1.54) is 67.6 Å². The predicted molar refractivity (Wildman–Crippen MR) is 227 cm³/mol. The molecule has 66 heavy (non-hydrogen) atoms. The predicted octanol–water partition coefficient (Wildman–Crippen LogP) is 3.00. The first-order valence-corrected chi connectivity index (χ1v) is 20.8. The van der Waals surface area contributed by atoms with Gasteiger partial charge >= 0.3 is 17.6 Å². The average molecular weight is 932 g/mol. The summed E-state index contributed by atoms with van der Waals surface area (Å²) < 4.78 is 28.2. The summed E-state index contributed by atoms with van der Waals surface area (Å²) in [4.78, 5) is 77.7. The van der Waals surface area contributed by atoms with Gasteiger partial charge in [0.1, 0.15) is 34.3 Å². The van der Waals surface area contributed by atoms with Gasteiger partial charge in [-0.1, -0.05) is 65.8 Å². The number of allylic oxidation sites excluding steroid dienone is 6. The molecule has 19 nitrogen and oxygen atoms in total. The second-order valence-electron chi connectivity index (χ2n) is 16.7. The lowest BCUT2D eigenvalue weighted by atomic mass is 9.50. The number of carbonyl (C=O) groups is 5. The van der Waals surface area contributed by atoms with Crippen molar-refractivity contribution < 1.29 is 83.1 Å². The lowest BCUT2D eigenvalue weighted by molar-refractivity contribution is -0.210. The largest absolute Gasteiger partial charge is 0.507 e. The maximum Gasteiger partial charge on any atom is 0.364 e. The Morgan fingerprint density at radius 2 is 1.61 bits per heavy atom. The molecule has 2 aromatic carbocycles. The highest BCUT2D eigenvalue weighted by Gasteiger charge is 2.96. The topological polar surface area (TPSA) is 309 Å². The second-order valence-corrected chi connectivity index (χ2v) is 17.1. The van der Waals surface area contributed by atoms with Gasteiger partial charge in [-0.05, 0) is 32.1 Å². The molecule has 20 heteroatoms. The number of phenolic OH excluding ortho intramolecular Hbond substituents is 2. The Balaban J connectivity index is 0.943. The zero-order valence-corrected chi connectivity index (χ0v) is 35.8. The number of benzene rings is 2. The van der Waals surface area contributed by atoms with E-state index in [1.807, 2.05) is 0 Å². The van der Waals surface area contributed by atoms with Crippen molar-refractivity contribution in [2.75, 3.05) is 5.32 Å². The standard InChI is InChI=1S/C46H42ClNO18/c1-20-16-29(51)45(61)43(60,18-20)19-30(52)44-41(58)33-24(40(57)46(44,45)66-44)13-12-23(36(33)55)27-17-28(38(21(2)62-27)63-22(3)49)64-32(54)11-9-7-5-4-6-8-10-31(53)48-35-37(56)25-14-15-26(50)34(47)39(25)65-42(35)59/h4-16,21,27-28,30,38,41,50,52,55-56,58,60-61H,17-19H2,1-3H3,(H,48,53)/b6-4+,7-5+,10-8+,11-9+/t21-,27-,28-,30+,38-,41+,43+,44-,45+,46+/m1/s1. The van der Waals surface area contributed by atoms with Crippen LogP contribution in [0, 0.1) is 0 Å². The maximum atomic E-state index is 14.4. The van der Waals surface area contributed by atoms with E-state index >= 15 is 0 Å². The van der Waals surface area contributed by atoms with Gasteiger partial charge in [0.15, 0.2) is 40.1 Å². The first kappa shape index (κ1) is 46.1. The number of phenols is 2. The van der Waals surface area contributed by atoms with E-state index in [0.29, 0.717) is 5.57 Å². The minimum absolute atomic E-state index is 0.00805. The number of rotatable bonds is 9. The molecule has 3 aliphatic carbocycles. The molecule has 3 aromatic rings. The quantitative estimate of drug-likeness (QED) is 0.0503. The molecule has 0 bridgehead atoms. The van der Waals surface area contributed by atoms with Crippen molar-refractivity contribution in [3.8, 4) is 17.2 Å². The molecule has 2 aliphatic heterocycles. The normalized spacial score (nSPS) is 32.5. The molecule has 10 atom stereocenters. The minimum Gasteiger partial charge on any atom is -0.507 e. The van der Waals surface area contributed by atoms with Crippen molar-refractivity contribution in [1.29, 1.82) is 0 Å². The Labute approximate surface area is 378 Å². The minimum atomic E-state index is -2.88. The van der Waals surface area contributed by atoms with Crippen molar-refractivity contribution in [3.63, 3.8) is 0 Å². The van der Waals surface area contributed by atoms with E-state index in [9.17, 15) is 64.5 Å². The van der Waals surface area contributed by atoms with Crippen LogP contribution in [0.3, 0.4) is 0 Å². The summed E-state index contributed by atoms with van der Waals surface area (Å²) in [5.41, 5.74) is -12.3. The van der Waals surface area contributed by atoms with Gasteiger partial charge in [0.2, 0.25) is 17.3 Å². The van der Waals surface area contributed by atoms with Crippen LogP contribution in [0.25, 0.3) is 11.0 Å². The van der Waals surface area contributed by atoms with E-state index in [0.717, 1.165) is 25.2 Å². The first-order chi connectivity index (χ1) is 31.1. The number of hydrogen-bond donors (Lipinski definition) is 8. The first-order valence-electron chi connectivity index (χ1n) is 20.5. The Morgan fingerprint density at radius 3 is 2.30 bits per heavy atom. The Morgan fingerprint density at radius 1 is 0.924 bits per heavy atom. The highest BCUT2D eigenvalue weighted by Crippen LogP contribution is 2.74. The Hall–Kier alpha value is -6.45. The molecule has 1 amide bonds. The van der Waals surface area contributed by atoms with Crippen LogP contribution in [0.4, 0.5) is 5.69 Å². The van der Waals surface area contributed by atoms with Crippen LogP contribution < -0.4 is 10.9 Å². The number of ketones is 2. The highest BCUT2D eigenvalue weighted by atomic mass is 35.5. The van der Waals surface area contributed by atoms with Crippen LogP contribution in [0.1, 0.15) is 73.7 Å². The number of amides is 1. The third-order valence-corrected chi connectivity index (χ3v) is 13.0. The molecular weight excluding hydrogens is 890 g/mol. The van der Waals surface area contributed by atoms with Gasteiger partial charge in [-0.3, -0.25) is 19.2 Å². The van der Waals surface area contributed by atoms with Crippen LogP contribution >= 0.6 is 11.6 Å². The van der Waals surface area contributed by atoms with Gasteiger partial charge in [0.25, 0.3) is 0 Å². The van der Waals surface area contributed by atoms with E-state index in [-0.39, 0.29) is 51.3 Å². The monoisotopic (exact) mass is 931 g/mol. The van der Waals surface area contributed by atoms with Gasteiger partial charge in [-0.2, -0.15) is 0 Å². The maximum absolute atomic E-state index is 14.4. The van der Waals surface area contributed by atoms with E-state index in [4.69, 9.17) is 35.0 Å². The number of nitrogens with one attached hydrogen (secondary N) is 1. The molecule has 0 radical (unpaired) electrons. The van der Waals surface area contributed by atoms with E-state index in [1.54, 1.807) is 6.92 Å². The van der Waals surface area contributed by atoms with Gasteiger partial charge in [-0.25, -0.2) is 9.59 Å². The molecule has 8 N–H and O–H groups in total. The second kappa shape index (κ2) is 16.5. The summed E-state index contributed by atoms with van der Waals surface area (Å²) in [5.74, 6) is -6.08. The third-order valence-electron chi connectivity index (χ3n) is 12.7. The Kier molecular flexibility index (Phi) is 11.5. The number of hydrogen-bond acceptors (Lipinski definition) is 18.